The minimum atomic E-state index is 0.658. The zero-order chi connectivity index (χ0) is 13.6. The van der Waals surface area contributed by atoms with Gasteiger partial charge in [0.25, 0.3) is 0 Å². The number of hydrogen-bond acceptors (Lipinski definition) is 2. The summed E-state index contributed by atoms with van der Waals surface area (Å²) in [5.74, 6) is 0.835. The smallest absolute Gasteiger partial charge is 0.142 e. The van der Waals surface area contributed by atoms with Gasteiger partial charge in [-0.15, -0.1) is 0 Å². The molecular formula is C15H14ClN3. The summed E-state index contributed by atoms with van der Waals surface area (Å²) in [7, 11) is 2.00. The Balaban J connectivity index is 2.34. The topological polar surface area (TPSA) is 43.8 Å². The van der Waals surface area contributed by atoms with Gasteiger partial charge in [-0.3, -0.25) is 0 Å². The van der Waals surface area contributed by atoms with Gasteiger partial charge in [0, 0.05) is 18.3 Å². The summed E-state index contributed by atoms with van der Waals surface area (Å²) in [6.07, 6.45) is 0. The lowest BCUT2D eigenvalue weighted by Gasteiger charge is -2.06. The van der Waals surface area contributed by atoms with Gasteiger partial charge in [-0.1, -0.05) is 23.7 Å². The first-order chi connectivity index (χ1) is 9.08. The SMILES string of the molecule is Cc1cccc2nc(-c3cc(N)ccc3Cl)n(C)c12. The van der Waals surface area contributed by atoms with Gasteiger partial charge in [0.1, 0.15) is 5.82 Å². The Morgan fingerprint density at radius 3 is 2.74 bits per heavy atom. The number of nitrogens with zero attached hydrogens (tertiary/aromatic N) is 2. The molecule has 0 radical (unpaired) electrons. The maximum absolute atomic E-state index is 6.26. The molecule has 0 saturated heterocycles. The molecule has 0 aliphatic rings. The summed E-state index contributed by atoms with van der Waals surface area (Å²) in [5, 5.41) is 0.658. The van der Waals surface area contributed by atoms with Crippen molar-refractivity contribution in [2.24, 2.45) is 7.05 Å². The normalized spacial score (nSPS) is 11.1. The highest BCUT2D eigenvalue weighted by atomic mass is 35.5. The van der Waals surface area contributed by atoms with Crippen molar-refractivity contribution >= 4 is 28.3 Å². The van der Waals surface area contributed by atoms with E-state index >= 15 is 0 Å². The van der Waals surface area contributed by atoms with Crippen LogP contribution >= 0.6 is 11.6 Å². The number of imidazole rings is 1. The van der Waals surface area contributed by atoms with Gasteiger partial charge in [-0.25, -0.2) is 4.98 Å². The summed E-state index contributed by atoms with van der Waals surface area (Å²) in [6.45, 7) is 2.08. The Morgan fingerprint density at radius 1 is 1.21 bits per heavy atom. The van der Waals surface area contributed by atoms with Crippen LogP contribution in [0.1, 0.15) is 5.56 Å². The highest BCUT2D eigenvalue weighted by molar-refractivity contribution is 6.33. The molecule has 0 aliphatic carbocycles. The first kappa shape index (κ1) is 12.1. The van der Waals surface area contributed by atoms with E-state index in [0.717, 1.165) is 22.4 Å². The third-order valence-electron chi connectivity index (χ3n) is 3.33. The number of fused-ring (bicyclic) bond motifs is 1. The number of benzene rings is 2. The van der Waals surface area contributed by atoms with Crippen molar-refractivity contribution in [2.45, 2.75) is 6.92 Å². The van der Waals surface area contributed by atoms with Crippen LogP contribution in [-0.2, 0) is 7.05 Å². The van der Waals surface area contributed by atoms with Crippen molar-refractivity contribution in [2.75, 3.05) is 5.73 Å². The van der Waals surface area contributed by atoms with Crippen LogP contribution in [0.2, 0.25) is 5.02 Å². The van der Waals surface area contributed by atoms with Crippen LogP contribution in [-0.4, -0.2) is 9.55 Å². The summed E-state index contributed by atoms with van der Waals surface area (Å²) in [4.78, 5) is 4.67. The lowest BCUT2D eigenvalue weighted by molar-refractivity contribution is 0.955. The second kappa shape index (κ2) is 4.28. The second-order valence-electron chi connectivity index (χ2n) is 4.68. The van der Waals surface area contributed by atoms with Crippen LogP contribution in [0.3, 0.4) is 0 Å². The van der Waals surface area contributed by atoms with Gasteiger partial charge >= 0.3 is 0 Å². The minimum absolute atomic E-state index is 0.658. The van der Waals surface area contributed by atoms with E-state index in [-0.39, 0.29) is 0 Å². The van der Waals surface area contributed by atoms with Crippen LogP contribution in [0.5, 0.6) is 0 Å². The van der Waals surface area contributed by atoms with E-state index in [2.05, 4.69) is 22.5 Å². The molecule has 4 heteroatoms. The number of aryl methyl sites for hydroxylation is 2. The average Bonchev–Trinajstić information content (AvgIpc) is 2.71. The Hall–Kier alpha value is -2.00. The zero-order valence-corrected chi connectivity index (χ0v) is 11.6. The van der Waals surface area contributed by atoms with Gasteiger partial charge in [-0.05, 0) is 36.8 Å². The summed E-state index contributed by atoms with van der Waals surface area (Å²) < 4.78 is 2.06. The highest BCUT2D eigenvalue weighted by Crippen LogP contribution is 2.31. The number of para-hydroxylation sites is 1. The first-order valence-electron chi connectivity index (χ1n) is 6.05. The Morgan fingerprint density at radius 2 is 2.00 bits per heavy atom. The van der Waals surface area contributed by atoms with Crippen LogP contribution < -0.4 is 5.73 Å². The maximum Gasteiger partial charge on any atom is 0.142 e. The summed E-state index contributed by atoms with van der Waals surface area (Å²) in [6, 6.07) is 11.5. The molecule has 0 atom stereocenters. The van der Waals surface area contributed by atoms with Crippen LogP contribution in [0, 0.1) is 6.92 Å². The fourth-order valence-electron chi connectivity index (χ4n) is 2.42. The van der Waals surface area contributed by atoms with Crippen LogP contribution in [0.4, 0.5) is 5.69 Å². The second-order valence-corrected chi connectivity index (χ2v) is 5.08. The number of rotatable bonds is 1. The van der Waals surface area contributed by atoms with Gasteiger partial charge in [0.2, 0.25) is 0 Å². The number of nitrogens with two attached hydrogens (primary N) is 1. The van der Waals surface area contributed by atoms with E-state index in [1.54, 1.807) is 12.1 Å². The number of hydrogen-bond donors (Lipinski definition) is 1. The maximum atomic E-state index is 6.26. The number of nitrogen functional groups attached to an aromatic ring is 1. The lowest BCUT2D eigenvalue weighted by Crippen LogP contribution is -1.95. The largest absolute Gasteiger partial charge is 0.399 e. The Kier molecular flexibility index (Phi) is 2.72. The lowest BCUT2D eigenvalue weighted by atomic mass is 10.2. The highest BCUT2D eigenvalue weighted by Gasteiger charge is 2.14. The predicted molar refractivity (Wildman–Crippen MR) is 80.3 cm³/mol. The first-order valence-corrected chi connectivity index (χ1v) is 6.43. The van der Waals surface area contributed by atoms with E-state index in [4.69, 9.17) is 17.3 Å². The zero-order valence-electron chi connectivity index (χ0n) is 10.8. The minimum Gasteiger partial charge on any atom is -0.399 e. The van der Waals surface area contributed by atoms with Crippen molar-refractivity contribution in [3.63, 3.8) is 0 Å². The van der Waals surface area contributed by atoms with E-state index < -0.39 is 0 Å². The monoisotopic (exact) mass is 271 g/mol. The van der Waals surface area contributed by atoms with Crippen LogP contribution in [0.25, 0.3) is 22.4 Å². The molecule has 19 heavy (non-hydrogen) atoms. The molecular weight excluding hydrogens is 258 g/mol. The van der Waals surface area contributed by atoms with Gasteiger partial charge < -0.3 is 10.3 Å². The van der Waals surface area contributed by atoms with E-state index in [9.17, 15) is 0 Å². The molecule has 0 fully saturated rings. The average molecular weight is 272 g/mol. The summed E-state index contributed by atoms with van der Waals surface area (Å²) in [5.41, 5.74) is 10.7. The Bertz CT molecular complexity index is 774. The van der Waals surface area contributed by atoms with Gasteiger partial charge in [0.05, 0.1) is 16.1 Å². The Labute approximate surface area is 116 Å². The molecule has 0 amide bonds. The van der Waals surface area contributed by atoms with E-state index in [0.29, 0.717) is 10.7 Å². The van der Waals surface area contributed by atoms with Crippen molar-refractivity contribution < 1.29 is 0 Å². The molecule has 3 aromatic rings. The van der Waals surface area contributed by atoms with Crippen molar-refractivity contribution in [3.8, 4) is 11.4 Å². The molecule has 0 unspecified atom stereocenters. The predicted octanol–water partition coefficient (Wildman–Crippen LogP) is 3.78. The fourth-order valence-corrected chi connectivity index (χ4v) is 2.62. The number of anilines is 1. The molecule has 0 aliphatic heterocycles. The molecule has 96 valence electrons. The van der Waals surface area contributed by atoms with Crippen molar-refractivity contribution in [3.05, 3.63) is 47.0 Å². The van der Waals surface area contributed by atoms with Crippen molar-refractivity contribution in [1.82, 2.24) is 9.55 Å². The van der Waals surface area contributed by atoms with E-state index in [1.165, 1.54) is 5.56 Å². The molecule has 0 bridgehead atoms. The van der Waals surface area contributed by atoms with Gasteiger partial charge in [-0.2, -0.15) is 0 Å². The number of halogens is 1. The molecule has 2 N–H and O–H groups in total. The third kappa shape index (κ3) is 1.87. The molecule has 0 saturated carbocycles. The molecule has 2 aromatic carbocycles. The summed E-state index contributed by atoms with van der Waals surface area (Å²) >= 11 is 6.26. The molecule has 0 spiro atoms. The third-order valence-corrected chi connectivity index (χ3v) is 3.66. The quantitative estimate of drug-likeness (QED) is 0.685. The molecule has 3 nitrogen and oxygen atoms in total. The molecule has 1 heterocycles. The molecule has 3 rings (SSSR count). The molecule has 1 aromatic heterocycles. The van der Waals surface area contributed by atoms with E-state index in [1.807, 2.05) is 25.2 Å². The standard InChI is InChI=1S/C15H14ClN3/c1-9-4-3-5-13-14(9)19(2)15(18-13)11-8-10(17)6-7-12(11)16/h3-8H,17H2,1-2H3. The van der Waals surface area contributed by atoms with Crippen molar-refractivity contribution in [1.29, 1.82) is 0 Å². The number of aromatic nitrogens is 2. The van der Waals surface area contributed by atoms with Gasteiger partial charge in [0.15, 0.2) is 0 Å². The van der Waals surface area contributed by atoms with Crippen LogP contribution in [0.15, 0.2) is 36.4 Å². The fraction of sp³-hybridized carbons (Fsp3) is 0.133.